The van der Waals surface area contributed by atoms with Gasteiger partial charge in [-0.25, -0.2) is 0 Å². The number of para-hydroxylation sites is 1. The van der Waals surface area contributed by atoms with Crippen molar-refractivity contribution in [3.8, 4) is 0 Å². The lowest BCUT2D eigenvalue weighted by Crippen LogP contribution is -2.55. The van der Waals surface area contributed by atoms with Crippen molar-refractivity contribution in [2.75, 3.05) is 41.1 Å². The van der Waals surface area contributed by atoms with Crippen molar-refractivity contribution in [2.45, 2.75) is 87.6 Å². The number of nitrogens with zero attached hydrogens (tertiary/aromatic N) is 5. The fourth-order valence-corrected chi connectivity index (χ4v) is 13.5. The zero-order valence-corrected chi connectivity index (χ0v) is 35.6. The summed E-state index contributed by atoms with van der Waals surface area (Å²) in [6.45, 7) is 6.71. The molecule has 3 fully saturated rings. The van der Waals surface area contributed by atoms with Crippen LogP contribution in [0.2, 0.25) is 18.6 Å². The molecule has 0 unspecified atom stereocenters. The van der Waals surface area contributed by atoms with Gasteiger partial charge in [0.1, 0.15) is 5.54 Å². The first-order valence-electron chi connectivity index (χ1n) is 21.2. The van der Waals surface area contributed by atoms with Gasteiger partial charge in [0.2, 0.25) is 14.3 Å². The molecular weight excluding hydrogens is 796 g/mol. The second-order valence-corrected chi connectivity index (χ2v) is 21.5. The van der Waals surface area contributed by atoms with Gasteiger partial charge < -0.3 is 34.0 Å². The maximum atomic E-state index is 16.7. The summed E-state index contributed by atoms with van der Waals surface area (Å²) in [7, 11) is -3.70. The van der Waals surface area contributed by atoms with Gasteiger partial charge >= 0.3 is 0 Å². The summed E-state index contributed by atoms with van der Waals surface area (Å²) in [4.78, 5) is 62.8. The average Bonchev–Trinajstić information content (AvgIpc) is 3.80. The normalized spacial score (nSPS) is 25.7. The molecule has 4 aromatic rings. The van der Waals surface area contributed by atoms with E-state index in [-0.39, 0.29) is 49.2 Å². The Hall–Kier alpha value is -5.48. The number of carbonyl (C=O) groups excluding carboxylic acids is 3. The van der Waals surface area contributed by atoms with Crippen LogP contribution in [0.25, 0.3) is 0 Å². The van der Waals surface area contributed by atoms with Gasteiger partial charge in [0.05, 0.1) is 49.0 Å². The highest BCUT2D eigenvalue weighted by Crippen LogP contribution is 2.61. The number of piperidine rings is 1. The lowest BCUT2D eigenvalue weighted by Gasteiger charge is -2.39. The minimum atomic E-state index is -3.70. The number of rotatable bonds is 9. The Kier molecular flexibility index (Phi) is 10.4. The number of aliphatic hydroxyl groups is 1. The molecule has 0 radical (unpaired) electrons. The maximum Gasteiger partial charge on any atom is 0.269 e. The Morgan fingerprint density at radius 3 is 2.36 bits per heavy atom. The fraction of sp³-hybridized carbons (Fsp3) is 0.413. The molecule has 15 heteroatoms. The fourth-order valence-electron chi connectivity index (χ4n) is 11.0. The minimum Gasteiger partial charge on any atom is -0.394 e. The third-order valence-corrected chi connectivity index (χ3v) is 16.4. The van der Waals surface area contributed by atoms with Gasteiger partial charge in [-0.1, -0.05) is 61.5 Å². The molecule has 4 aromatic carbocycles. The van der Waals surface area contributed by atoms with E-state index in [1.54, 1.807) is 40.8 Å². The van der Waals surface area contributed by atoms with Crippen LogP contribution in [0.5, 0.6) is 0 Å². The summed E-state index contributed by atoms with van der Waals surface area (Å²) in [5.41, 5.74) is 1.49. The maximum absolute atomic E-state index is 16.7. The molecule has 318 valence electrons. The standard InChI is InChI=1S/C46H51FN6O7Si/c1-30-42(61(2,3)47)40(25-41(55)49-27-33-12-8-7-11-32(33)23-37(49)28-54)60-46(30)38-24-36(53(58)59)16-17-39(38)50(44(46)57)26-31-10-9-15-35(22-31)51-29-52(34-13-5-4-6-14-34)45(43(51)56)18-20-48-21-19-45/h4-17,22,24,30,37,40,42,48,54H,18-21,23,25-29H2,1-3H3/t30-,37-,40+,42-,46+/m0/s1. The van der Waals surface area contributed by atoms with E-state index in [0.717, 1.165) is 16.8 Å². The van der Waals surface area contributed by atoms with E-state index in [4.69, 9.17) is 4.74 Å². The van der Waals surface area contributed by atoms with Crippen LogP contribution in [0.3, 0.4) is 0 Å². The molecule has 5 atom stereocenters. The van der Waals surface area contributed by atoms with Gasteiger partial charge in [-0.2, -0.15) is 0 Å². The van der Waals surface area contributed by atoms with Crippen LogP contribution in [0.1, 0.15) is 48.4 Å². The second-order valence-electron chi connectivity index (χ2n) is 17.7. The average molecular weight is 847 g/mol. The molecule has 61 heavy (non-hydrogen) atoms. The highest BCUT2D eigenvalue weighted by molar-refractivity contribution is 6.72. The predicted molar refractivity (Wildman–Crippen MR) is 231 cm³/mol. The van der Waals surface area contributed by atoms with E-state index in [1.165, 1.54) is 12.1 Å². The summed E-state index contributed by atoms with van der Waals surface area (Å²) in [5, 5.41) is 26.0. The number of halogens is 1. The highest BCUT2D eigenvalue weighted by Gasteiger charge is 2.67. The molecule has 9 rings (SSSR count). The van der Waals surface area contributed by atoms with Gasteiger partial charge in [-0.15, -0.1) is 0 Å². The Labute approximate surface area is 355 Å². The van der Waals surface area contributed by atoms with Crippen molar-refractivity contribution in [1.82, 2.24) is 10.2 Å². The number of nitrogens with one attached hydrogen (secondary N) is 1. The molecule has 2 N–H and O–H groups in total. The number of carbonyl (C=O) groups is 3. The van der Waals surface area contributed by atoms with Crippen LogP contribution in [0.15, 0.2) is 97.1 Å². The van der Waals surface area contributed by atoms with E-state index >= 15 is 8.90 Å². The third-order valence-electron chi connectivity index (χ3n) is 13.9. The number of non-ortho nitro benzene ring substituents is 1. The van der Waals surface area contributed by atoms with Crippen LogP contribution in [-0.2, 0) is 44.2 Å². The van der Waals surface area contributed by atoms with E-state index < -0.39 is 54.0 Å². The number of benzene rings is 4. The summed E-state index contributed by atoms with van der Waals surface area (Å²) in [5.74, 6) is -1.58. The number of nitro benzene ring substituents is 1. The van der Waals surface area contributed by atoms with E-state index in [2.05, 4.69) is 10.2 Å². The summed E-state index contributed by atoms with van der Waals surface area (Å²) >= 11 is 0. The molecule has 13 nitrogen and oxygen atoms in total. The lowest BCUT2D eigenvalue weighted by atomic mass is 9.82. The summed E-state index contributed by atoms with van der Waals surface area (Å²) < 4.78 is 23.6. The quantitative estimate of drug-likeness (QED) is 0.0872. The monoisotopic (exact) mass is 846 g/mol. The van der Waals surface area contributed by atoms with Crippen molar-refractivity contribution in [3.05, 3.63) is 129 Å². The Bertz CT molecular complexity index is 2390. The van der Waals surface area contributed by atoms with Crippen molar-refractivity contribution in [3.63, 3.8) is 0 Å². The Morgan fingerprint density at radius 1 is 0.951 bits per heavy atom. The van der Waals surface area contributed by atoms with E-state index in [9.17, 15) is 24.8 Å². The van der Waals surface area contributed by atoms with Gasteiger partial charge in [0, 0.05) is 47.1 Å². The molecule has 5 heterocycles. The number of anilines is 3. The molecule has 0 aliphatic carbocycles. The van der Waals surface area contributed by atoms with Gasteiger partial charge in [-0.05, 0) is 92.5 Å². The Morgan fingerprint density at radius 2 is 1.66 bits per heavy atom. The minimum absolute atomic E-state index is 0.0146. The molecule has 0 saturated carbocycles. The van der Waals surface area contributed by atoms with Gasteiger partial charge in [0.15, 0.2) is 5.60 Å². The molecule has 3 amide bonds. The number of hydrogen-bond acceptors (Lipinski definition) is 9. The van der Waals surface area contributed by atoms with Crippen molar-refractivity contribution < 1.29 is 33.3 Å². The van der Waals surface area contributed by atoms with Gasteiger partial charge in [0.25, 0.3) is 17.5 Å². The number of fused-ring (bicyclic) bond motifs is 3. The van der Waals surface area contributed by atoms with E-state index in [0.29, 0.717) is 56.0 Å². The predicted octanol–water partition coefficient (Wildman–Crippen LogP) is 6.19. The topological polar surface area (TPSA) is 149 Å². The van der Waals surface area contributed by atoms with Crippen LogP contribution in [0.4, 0.5) is 26.9 Å². The molecule has 0 bridgehead atoms. The van der Waals surface area contributed by atoms with E-state index in [1.807, 2.05) is 78.9 Å². The molecule has 0 aromatic heterocycles. The summed E-state index contributed by atoms with van der Waals surface area (Å²) in [6.07, 6.45) is 0.543. The first-order chi connectivity index (χ1) is 29.3. The van der Waals surface area contributed by atoms with Crippen LogP contribution in [-0.4, -0.2) is 85.1 Å². The van der Waals surface area contributed by atoms with Crippen LogP contribution in [0, 0.1) is 16.0 Å². The molecule has 5 aliphatic heterocycles. The lowest BCUT2D eigenvalue weighted by molar-refractivity contribution is -0.385. The molecule has 3 saturated heterocycles. The van der Waals surface area contributed by atoms with Gasteiger partial charge in [-0.3, -0.25) is 29.4 Å². The first-order valence-corrected chi connectivity index (χ1v) is 24.1. The van der Waals surface area contributed by atoms with Crippen molar-refractivity contribution >= 4 is 48.9 Å². The molecule has 5 aliphatic rings. The van der Waals surface area contributed by atoms with Crippen molar-refractivity contribution in [2.24, 2.45) is 5.92 Å². The SMILES string of the molecule is C[C@H]1[C@H]([Si](C)(C)F)[C@@H](CC(=O)N2Cc3ccccc3C[C@H]2CO)O[C@]12C(=O)N(Cc1cccc(N3CN(c4ccccc4)C4(CCNCC4)C3=O)c1)c1ccc([N+](=O)[O-])cc12. The zero-order chi connectivity index (χ0) is 42.8. The zero-order valence-electron chi connectivity index (χ0n) is 34.6. The number of ether oxygens (including phenoxy) is 1. The van der Waals surface area contributed by atoms with Crippen LogP contribution >= 0.6 is 0 Å². The molecular formula is C46H51FN6O7Si. The number of hydrogen-bond donors (Lipinski definition) is 2. The van der Waals surface area contributed by atoms with Crippen LogP contribution < -0.4 is 20.0 Å². The summed E-state index contributed by atoms with van der Waals surface area (Å²) in [6, 6.07) is 29.0. The molecule has 2 spiro atoms. The largest absolute Gasteiger partial charge is 0.394 e. The highest BCUT2D eigenvalue weighted by atomic mass is 28.4. The number of nitro groups is 1. The number of aliphatic hydroxyl groups excluding tert-OH is 1. The smallest absolute Gasteiger partial charge is 0.269 e. The first kappa shape index (κ1) is 40.9. The Balaban J connectivity index is 1.04. The third kappa shape index (κ3) is 6.73. The number of amides is 3. The van der Waals surface area contributed by atoms with Crippen molar-refractivity contribution in [1.29, 1.82) is 0 Å². The second kappa shape index (κ2) is 15.5.